The van der Waals surface area contributed by atoms with Gasteiger partial charge in [0.05, 0.1) is 22.5 Å². The number of rotatable bonds is 4. The zero-order valence-corrected chi connectivity index (χ0v) is 17.2. The molecule has 0 saturated heterocycles. The Labute approximate surface area is 175 Å². The Hall–Kier alpha value is -2.91. The second-order valence-corrected chi connectivity index (χ2v) is 8.72. The molecule has 0 aliphatic rings. The van der Waals surface area contributed by atoms with Crippen LogP contribution < -0.4 is 4.72 Å². The van der Waals surface area contributed by atoms with Gasteiger partial charge in [-0.3, -0.25) is 9.78 Å². The lowest BCUT2D eigenvalue weighted by Gasteiger charge is -2.12. The smallest absolute Gasteiger partial charge is 0.267 e. The van der Waals surface area contributed by atoms with Crippen molar-refractivity contribution in [1.82, 2.24) is 9.71 Å². The molecule has 0 spiro atoms. The quantitative estimate of drug-likeness (QED) is 0.630. The van der Waals surface area contributed by atoms with E-state index in [-0.39, 0.29) is 16.3 Å². The van der Waals surface area contributed by atoms with Gasteiger partial charge in [0.1, 0.15) is 17.5 Å². The maximum Gasteiger partial charge on any atom is 0.267 e. The van der Waals surface area contributed by atoms with Gasteiger partial charge in [-0.2, -0.15) is 0 Å². The summed E-state index contributed by atoms with van der Waals surface area (Å²) in [6.07, 6.45) is 2.13. The van der Waals surface area contributed by atoms with Gasteiger partial charge in [0, 0.05) is 23.4 Å². The third kappa shape index (κ3) is 4.80. The third-order valence-corrected chi connectivity index (χ3v) is 4.97. The molecule has 1 N–H and O–H groups in total. The summed E-state index contributed by atoms with van der Waals surface area (Å²) in [5.41, 5.74) is 1.05. The fraction of sp³-hybridized carbons (Fsp3) is 0.100. The fourth-order valence-corrected chi connectivity index (χ4v) is 3.60. The molecule has 0 radical (unpaired) electrons. The Bertz CT molecular complexity index is 1260. The van der Waals surface area contributed by atoms with Gasteiger partial charge >= 0.3 is 0 Å². The van der Waals surface area contributed by atoms with E-state index in [0.717, 1.165) is 30.5 Å². The van der Waals surface area contributed by atoms with Crippen molar-refractivity contribution in [1.29, 1.82) is 0 Å². The SMILES string of the molecule is Cc1cc(C(=O)NS(C)(=O)=O)c(F)cc1-c1cnc(-c2cc(F)cc(F)c2)c(Cl)c1. The second-order valence-electron chi connectivity index (χ2n) is 6.56. The minimum Gasteiger partial charge on any atom is -0.268 e. The highest BCUT2D eigenvalue weighted by Crippen LogP contribution is 2.33. The number of benzene rings is 2. The van der Waals surface area contributed by atoms with Crippen molar-refractivity contribution in [3.05, 3.63) is 76.2 Å². The van der Waals surface area contributed by atoms with Crippen LogP contribution in [0.3, 0.4) is 0 Å². The molecule has 0 bridgehead atoms. The summed E-state index contributed by atoms with van der Waals surface area (Å²) in [6, 6.07) is 6.59. The summed E-state index contributed by atoms with van der Waals surface area (Å²) >= 11 is 6.23. The van der Waals surface area contributed by atoms with E-state index < -0.39 is 38.9 Å². The van der Waals surface area contributed by atoms with Crippen LogP contribution >= 0.6 is 11.6 Å². The van der Waals surface area contributed by atoms with E-state index in [2.05, 4.69) is 4.98 Å². The van der Waals surface area contributed by atoms with Crippen molar-refractivity contribution in [2.45, 2.75) is 6.92 Å². The molecule has 0 saturated carbocycles. The topological polar surface area (TPSA) is 76.1 Å². The molecule has 10 heteroatoms. The lowest BCUT2D eigenvalue weighted by Crippen LogP contribution is -2.30. The summed E-state index contributed by atoms with van der Waals surface area (Å²) < 4.78 is 65.5. The van der Waals surface area contributed by atoms with Crippen molar-refractivity contribution in [3.63, 3.8) is 0 Å². The molecular formula is C20H14ClF3N2O3S. The molecule has 1 aromatic heterocycles. The summed E-state index contributed by atoms with van der Waals surface area (Å²) in [7, 11) is -3.85. The third-order valence-electron chi connectivity index (χ3n) is 4.12. The highest BCUT2D eigenvalue weighted by Gasteiger charge is 2.19. The molecule has 0 aliphatic carbocycles. The van der Waals surface area contributed by atoms with Crippen LogP contribution in [0.5, 0.6) is 0 Å². The number of aromatic nitrogens is 1. The molecule has 3 aromatic rings. The molecule has 0 atom stereocenters. The highest BCUT2D eigenvalue weighted by molar-refractivity contribution is 7.89. The lowest BCUT2D eigenvalue weighted by atomic mass is 9.98. The summed E-state index contributed by atoms with van der Waals surface area (Å²) in [5, 5.41) is 0.0798. The van der Waals surface area contributed by atoms with E-state index >= 15 is 0 Å². The molecule has 2 aromatic carbocycles. The van der Waals surface area contributed by atoms with Crippen LogP contribution in [-0.2, 0) is 10.0 Å². The first-order chi connectivity index (χ1) is 13.9. The Kier molecular flexibility index (Phi) is 5.87. The number of pyridine rings is 1. The minimum atomic E-state index is -3.85. The number of halogens is 4. The standard InChI is InChI=1S/C20H14ClF3N2O3S/c1-10-3-16(20(27)26-30(2,28)29)18(24)8-15(10)12-6-17(21)19(25-9-12)11-4-13(22)7-14(23)5-11/h3-9H,1-2H3,(H,26,27). The van der Waals surface area contributed by atoms with Gasteiger partial charge in [0.15, 0.2) is 0 Å². The zero-order valence-electron chi connectivity index (χ0n) is 15.6. The summed E-state index contributed by atoms with van der Waals surface area (Å²) in [6.45, 7) is 1.59. The average molecular weight is 455 g/mol. The maximum absolute atomic E-state index is 14.5. The van der Waals surface area contributed by atoms with Crippen molar-refractivity contribution >= 4 is 27.5 Å². The van der Waals surface area contributed by atoms with Gasteiger partial charge < -0.3 is 0 Å². The van der Waals surface area contributed by atoms with Crippen LogP contribution in [0.25, 0.3) is 22.4 Å². The molecule has 3 rings (SSSR count). The summed E-state index contributed by atoms with van der Waals surface area (Å²) in [5.74, 6) is -3.60. The van der Waals surface area contributed by atoms with Gasteiger partial charge in [-0.1, -0.05) is 11.6 Å². The number of nitrogens with one attached hydrogen (secondary N) is 1. The number of sulfonamides is 1. The van der Waals surface area contributed by atoms with Crippen molar-refractivity contribution < 1.29 is 26.4 Å². The van der Waals surface area contributed by atoms with Crippen LogP contribution in [0.15, 0.2) is 42.6 Å². The van der Waals surface area contributed by atoms with E-state index in [1.54, 1.807) is 11.6 Å². The predicted octanol–water partition coefficient (Wildman–Crippen LogP) is 4.48. The Balaban J connectivity index is 2.01. The molecule has 0 aliphatic heterocycles. The van der Waals surface area contributed by atoms with Crippen molar-refractivity contribution in [2.24, 2.45) is 0 Å². The Morgan fingerprint density at radius 2 is 1.63 bits per heavy atom. The van der Waals surface area contributed by atoms with Crippen LogP contribution in [0.4, 0.5) is 13.2 Å². The number of amides is 1. The number of aryl methyl sites for hydroxylation is 1. The van der Waals surface area contributed by atoms with Crippen molar-refractivity contribution in [3.8, 4) is 22.4 Å². The number of carbonyl (C=O) groups excluding carboxylic acids is 1. The van der Waals surface area contributed by atoms with Gasteiger partial charge in [-0.25, -0.2) is 26.3 Å². The number of hydrogen-bond acceptors (Lipinski definition) is 4. The summed E-state index contributed by atoms with van der Waals surface area (Å²) in [4.78, 5) is 16.1. The molecule has 0 fully saturated rings. The van der Waals surface area contributed by atoms with E-state index in [9.17, 15) is 26.4 Å². The normalized spacial score (nSPS) is 11.4. The highest BCUT2D eigenvalue weighted by atomic mass is 35.5. The van der Waals surface area contributed by atoms with Gasteiger partial charge in [0.2, 0.25) is 10.0 Å². The molecule has 1 heterocycles. The maximum atomic E-state index is 14.5. The number of nitrogens with zero attached hydrogens (tertiary/aromatic N) is 1. The Morgan fingerprint density at radius 3 is 2.20 bits per heavy atom. The van der Waals surface area contributed by atoms with Crippen molar-refractivity contribution in [2.75, 3.05) is 6.26 Å². The minimum absolute atomic E-state index is 0.0798. The van der Waals surface area contributed by atoms with E-state index in [4.69, 9.17) is 11.6 Å². The number of carbonyl (C=O) groups is 1. The lowest BCUT2D eigenvalue weighted by molar-refractivity contribution is 0.0977. The molecule has 0 unspecified atom stereocenters. The van der Waals surface area contributed by atoms with E-state index in [1.165, 1.54) is 18.3 Å². The zero-order chi connectivity index (χ0) is 22.2. The van der Waals surface area contributed by atoms with Gasteiger partial charge in [-0.05, 0) is 48.4 Å². The largest absolute Gasteiger partial charge is 0.268 e. The van der Waals surface area contributed by atoms with E-state index in [1.807, 2.05) is 0 Å². The predicted molar refractivity (Wildman–Crippen MR) is 107 cm³/mol. The van der Waals surface area contributed by atoms with E-state index in [0.29, 0.717) is 16.7 Å². The van der Waals surface area contributed by atoms with Crippen LogP contribution in [-0.4, -0.2) is 25.6 Å². The molecule has 5 nitrogen and oxygen atoms in total. The molecule has 1 amide bonds. The molecular weight excluding hydrogens is 441 g/mol. The molecule has 30 heavy (non-hydrogen) atoms. The average Bonchev–Trinajstić information content (AvgIpc) is 2.60. The first kappa shape index (κ1) is 21.8. The monoisotopic (exact) mass is 454 g/mol. The Morgan fingerprint density at radius 1 is 1.00 bits per heavy atom. The first-order valence-electron chi connectivity index (χ1n) is 8.39. The number of hydrogen-bond donors (Lipinski definition) is 1. The van der Waals surface area contributed by atoms with Crippen LogP contribution in [0.1, 0.15) is 15.9 Å². The van der Waals surface area contributed by atoms with Gasteiger partial charge in [0.25, 0.3) is 5.91 Å². The van der Waals surface area contributed by atoms with Gasteiger partial charge in [-0.15, -0.1) is 0 Å². The second kappa shape index (κ2) is 8.08. The fourth-order valence-electron chi connectivity index (χ4n) is 2.88. The van der Waals surface area contributed by atoms with Crippen LogP contribution in [0.2, 0.25) is 5.02 Å². The molecule has 156 valence electrons. The van der Waals surface area contributed by atoms with Crippen LogP contribution in [0, 0.1) is 24.4 Å². The first-order valence-corrected chi connectivity index (χ1v) is 10.7.